The van der Waals surface area contributed by atoms with Gasteiger partial charge in [0.15, 0.2) is 11.5 Å². The fourth-order valence-electron chi connectivity index (χ4n) is 3.30. The van der Waals surface area contributed by atoms with Gasteiger partial charge in [-0.25, -0.2) is 8.42 Å². The van der Waals surface area contributed by atoms with Gasteiger partial charge in [-0.15, -0.1) is 0 Å². The van der Waals surface area contributed by atoms with E-state index in [1.807, 2.05) is 19.9 Å². The zero-order valence-electron chi connectivity index (χ0n) is 18.9. The molecule has 1 amide bonds. The van der Waals surface area contributed by atoms with E-state index in [-0.39, 0.29) is 17.3 Å². The topological polar surface area (TPSA) is 84.9 Å². The van der Waals surface area contributed by atoms with E-state index < -0.39 is 10.0 Å². The number of methoxy groups -OCH3 is 2. The molecule has 0 radical (unpaired) electrons. The highest BCUT2D eigenvalue weighted by atomic mass is 32.2. The predicted octanol–water partition coefficient (Wildman–Crippen LogP) is 3.82. The first kappa shape index (κ1) is 24.5. The van der Waals surface area contributed by atoms with Crippen LogP contribution in [0, 0.1) is 13.8 Å². The Labute approximate surface area is 185 Å². The Hall–Kier alpha value is -2.74. The van der Waals surface area contributed by atoms with Gasteiger partial charge in [-0.2, -0.15) is 0 Å². The summed E-state index contributed by atoms with van der Waals surface area (Å²) in [6, 6.07) is 9.87. The number of carbonyl (C=O) groups is 1. The van der Waals surface area contributed by atoms with Gasteiger partial charge in [0.2, 0.25) is 5.91 Å². The Morgan fingerprint density at radius 3 is 2.19 bits per heavy atom. The van der Waals surface area contributed by atoms with Crippen molar-refractivity contribution in [2.24, 2.45) is 0 Å². The van der Waals surface area contributed by atoms with Crippen LogP contribution in [0.15, 0.2) is 41.3 Å². The fourth-order valence-corrected chi connectivity index (χ4v) is 4.72. The zero-order chi connectivity index (χ0) is 23.0. The molecule has 0 fully saturated rings. The number of hydrogen-bond acceptors (Lipinski definition) is 5. The van der Waals surface area contributed by atoms with Crippen LogP contribution >= 0.6 is 0 Å². The summed E-state index contributed by atoms with van der Waals surface area (Å²) in [4.78, 5) is 12.6. The molecule has 7 nitrogen and oxygen atoms in total. The van der Waals surface area contributed by atoms with E-state index in [1.165, 1.54) is 32.4 Å². The summed E-state index contributed by atoms with van der Waals surface area (Å²) in [6.45, 7) is 6.07. The van der Waals surface area contributed by atoms with Gasteiger partial charge in [-0.3, -0.25) is 9.10 Å². The molecule has 0 aliphatic heterocycles. The second-order valence-electron chi connectivity index (χ2n) is 7.43. The molecule has 2 aromatic rings. The lowest BCUT2D eigenvalue weighted by Gasteiger charge is -2.25. The van der Waals surface area contributed by atoms with Crippen LogP contribution in [0.2, 0.25) is 0 Å². The zero-order valence-corrected chi connectivity index (χ0v) is 19.7. The first-order valence-corrected chi connectivity index (χ1v) is 11.8. The molecule has 0 saturated carbocycles. The van der Waals surface area contributed by atoms with Crippen molar-refractivity contribution in [2.75, 3.05) is 31.6 Å². The summed E-state index contributed by atoms with van der Waals surface area (Å²) in [5.41, 5.74) is 2.26. The standard InChI is InChI=1S/C23H32N2O5S/c1-6-7-8-11-24-23(26)16-25(19-13-17(2)12-18(3)14-19)31(27,28)20-9-10-21(29-4)22(15-20)30-5/h9-10,12-15H,6-8,11,16H2,1-5H3,(H,24,26). The van der Waals surface area contributed by atoms with Crippen LogP contribution in [0.25, 0.3) is 0 Å². The Bertz CT molecular complexity index is 985. The number of carbonyl (C=O) groups excluding carboxylic acids is 1. The first-order valence-electron chi connectivity index (χ1n) is 10.3. The number of aryl methyl sites for hydroxylation is 2. The molecule has 0 heterocycles. The fraction of sp³-hybridized carbons (Fsp3) is 0.435. The second kappa shape index (κ2) is 11.0. The number of ether oxygens (including phenoxy) is 2. The largest absolute Gasteiger partial charge is 0.493 e. The van der Waals surface area contributed by atoms with E-state index in [1.54, 1.807) is 12.1 Å². The average Bonchev–Trinajstić information content (AvgIpc) is 2.73. The smallest absolute Gasteiger partial charge is 0.264 e. The van der Waals surface area contributed by atoms with Gasteiger partial charge in [-0.1, -0.05) is 25.8 Å². The van der Waals surface area contributed by atoms with Gasteiger partial charge in [0.1, 0.15) is 6.54 Å². The molecule has 2 rings (SSSR count). The number of hydrogen-bond donors (Lipinski definition) is 1. The van der Waals surface area contributed by atoms with E-state index in [0.717, 1.165) is 34.7 Å². The number of rotatable bonds is 11. The molecule has 1 N–H and O–H groups in total. The van der Waals surface area contributed by atoms with Crippen LogP contribution in [0.1, 0.15) is 37.3 Å². The van der Waals surface area contributed by atoms with E-state index in [2.05, 4.69) is 12.2 Å². The Kier molecular flexibility index (Phi) is 8.74. The van der Waals surface area contributed by atoms with Crippen LogP contribution in [0.3, 0.4) is 0 Å². The molecule has 0 aliphatic carbocycles. The summed E-state index contributed by atoms with van der Waals surface area (Å²) < 4.78 is 38.8. The maximum absolute atomic E-state index is 13.6. The van der Waals surface area contributed by atoms with Crippen molar-refractivity contribution >= 4 is 21.6 Å². The molecule has 0 aliphatic rings. The molecular weight excluding hydrogens is 416 g/mol. The number of nitrogens with one attached hydrogen (secondary N) is 1. The summed E-state index contributed by atoms with van der Waals surface area (Å²) in [5, 5.41) is 2.82. The molecule has 0 bridgehead atoms. The van der Waals surface area contributed by atoms with Crippen LogP contribution in [0.4, 0.5) is 5.69 Å². The van der Waals surface area contributed by atoms with Gasteiger partial charge in [0.25, 0.3) is 10.0 Å². The van der Waals surface area contributed by atoms with E-state index in [0.29, 0.717) is 23.7 Å². The molecule has 8 heteroatoms. The lowest BCUT2D eigenvalue weighted by Crippen LogP contribution is -2.41. The number of anilines is 1. The van der Waals surface area contributed by atoms with Gasteiger partial charge in [-0.05, 0) is 55.7 Å². The number of unbranched alkanes of at least 4 members (excludes halogenated alkanes) is 2. The monoisotopic (exact) mass is 448 g/mol. The maximum atomic E-state index is 13.6. The lowest BCUT2D eigenvalue weighted by molar-refractivity contribution is -0.119. The minimum absolute atomic E-state index is 0.0168. The minimum Gasteiger partial charge on any atom is -0.493 e. The third-order valence-electron chi connectivity index (χ3n) is 4.83. The quantitative estimate of drug-likeness (QED) is 0.528. The Morgan fingerprint density at radius 1 is 0.968 bits per heavy atom. The summed E-state index contributed by atoms with van der Waals surface area (Å²) in [6.07, 6.45) is 2.90. The lowest BCUT2D eigenvalue weighted by atomic mass is 10.1. The highest BCUT2D eigenvalue weighted by Crippen LogP contribution is 2.32. The van der Waals surface area contributed by atoms with Gasteiger partial charge in [0, 0.05) is 12.6 Å². The summed E-state index contributed by atoms with van der Waals surface area (Å²) in [5.74, 6) is 0.375. The molecule has 0 atom stereocenters. The Balaban J connectivity index is 2.44. The highest BCUT2D eigenvalue weighted by Gasteiger charge is 2.28. The van der Waals surface area contributed by atoms with Crippen molar-refractivity contribution in [1.82, 2.24) is 5.32 Å². The highest BCUT2D eigenvalue weighted by molar-refractivity contribution is 7.92. The molecule has 0 spiro atoms. The molecule has 0 aromatic heterocycles. The van der Waals surface area contributed by atoms with Crippen LogP contribution in [-0.2, 0) is 14.8 Å². The third kappa shape index (κ3) is 6.37. The SMILES string of the molecule is CCCCCNC(=O)CN(c1cc(C)cc(C)c1)S(=O)(=O)c1ccc(OC)c(OC)c1. The Morgan fingerprint density at radius 2 is 1.61 bits per heavy atom. The molecule has 2 aromatic carbocycles. The summed E-state index contributed by atoms with van der Waals surface area (Å²) in [7, 11) is -1.11. The number of amides is 1. The average molecular weight is 449 g/mol. The van der Waals surface area contributed by atoms with Crippen LogP contribution in [0.5, 0.6) is 11.5 Å². The van der Waals surface area contributed by atoms with Crippen molar-refractivity contribution in [2.45, 2.75) is 44.9 Å². The van der Waals surface area contributed by atoms with Crippen molar-refractivity contribution in [3.63, 3.8) is 0 Å². The summed E-state index contributed by atoms with van der Waals surface area (Å²) >= 11 is 0. The molecule has 0 saturated heterocycles. The van der Waals surface area contributed by atoms with Crippen molar-refractivity contribution in [3.05, 3.63) is 47.5 Å². The van der Waals surface area contributed by atoms with Crippen LogP contribution in [-0.4, -0.2) is 41.6 Å². The van der Waals surface area contributed by atoms with Gasteiger partial charge < -0.3 is 14.8 Å². The maximum Gasteiger partial charge on any atom is 0.264 e. The van der Waals surface area contributed by atoms with E-state index >= 15 is 0 Å². The van der Waals surface area contributed by atoms with Crippen molar-refractivity contribution < 1.29 is 22.7 Å². The molecular formula is C23H32N2O5S. The van der Waals surface area contributed by atoms with Crippen LogP contribution < -0.4 is 19.1 Å². The first-order chi connectivity index (χ1) is 14.7. The van der Waals surface area contributed by atoms with E-state index in [9.17, 15) is 13.2 Å². The number of sulfonamides is 1. The molecule has 31 heavy (non-hydrogen) atoms. The van der Waals surface area contributed by atoms with Gasteiger partial charge >= 0.3 is 0 Å². The van der Waals surface area contributed by atoms with E-state index in [4.69, 9.17) is 9.47 Å². The normalized spacial score (nSPS) is 11.1. The number of nitrogens with zero attached hydrogens (tertiary/aromatic N) is 1. The predicted molar refractivity (Wildman–Crippen MR) is 123 cm³/mol. The second-order valence-corrected chi connectivity index (χ2v) is 9.29. The van der Waals surface area contributed by atoms with Gasteiger partial charge in [0.05, 0.1) is 24.8 Å². The minimum atomic E-state index is -4.04. The third-order valence-corrected chi connectivity index (χ3v) is 6.60. The molecule has 0 unspecified atom stereocenters. The molecule has 170 valence electrons. The van der Waals surface area contributed by atoms with Crippen molar-refractivity contribution in [3.8, 4) is 11.5 Å². The number of benzene rings is 2. The van der Waals surface area contributed by atoms with Crippen molar-refractivity contribution in [1.29, 1.82) is 0 Å².